The molecule has 0 aromatic heterocycles. The number of rotatable bonds is 4. The molecule has 26 heavy (non-hydrogen) atoms. The molecule has 0 unspecified atom stereocenters. The number of hydrogen-bond acceptors (Lipinski definition) is 2. The second-order valence-corrected chi connectivity index (χ2v) is 7.09. The highest BCUT2D eigenvalue weighted by molar-refractivity contribution is 5.93. The molecule has 2 aromatic rings. The Morgan fingerprint density at radius 2 is 1.85 bits per heavy atom. The maximum absolute atomic E-state index is 13.3. The van der Waals surface area contributed by atoms with Gasteiger partial charge in [0.05, 0.1) is 26.2 Å². The van der Waals surface area contributed by atoms with Crippen LogP contribution in [-0.2, 0) is 4.79 Å². The van der Waals surface area contributed by atoms with E-state index < -0.39 is 0 Å². The molecule has 0 spiro atoms. The van der Waals surface area contributed by atoms with Crippen molar-refractivity contribution >= 4 is 17.3 Å². The predicted molar refractivity (Wildman–Crippen MR) is 103 cm³/mol. The summed E-state index contributed by atoms with van der Waals surface area (Å²) in [7, 11) is 0. The number of anilines is 2. The van der Waals surface area contributed by atoms with Gasteiger partial charge in [0, 0.05) is 11.4 Å². The number of carbonyl (C=O) groups is 1. The van der Waals surface area contributed by atoms with Gasteiger partial charge in [0.25, 0.3) is 5.91 Å². The number of amides is 1. The van der Waals surface area contributed by atoms with Gasteiger partial charge in [-0.05, 0) is 56.2 Å². The van der Waals surface area contributed by atoms with Crippen LogP contribution in [0.4, 0.5) is 15.8 Å². The third-order valence-corrected chi connectivity index (χ3v) is 5.42. The minimum Gasteiger partial charge on any atom is -0.360 e. The van der Waals surface area contributed by atoms with Crippen LogP contribution >= 0.6 is 0 Å². The maximum atomic E-state index is 13.3. The summed E-state index contributed by atoms with van der Waals surface area (Å²) in [5.41, 5.74) is 4.43. The molecule has 1 fully saturated rings. The third kappa shape index (κ3) is 4.05. The Kier molecular flexibility index (Phi) is 5.57. The highest BCUT2D eigenvalue weighted by atomic mass is 19.1. The topological polar surface area (TPSA) is 36.8 Å². The molecular weight excluding hydrogens is 329 g/mol. The Labute approximate surface area is 154 Å². The number of quaternary nitrogens is 1. The van der Waals surface area contributed by atoms with E-state index in [4.69, 9.17) is 0 Å². The molecule has 0 bridgehead atoms. The summed E-state index contributed by atoms with van der Waals surface area (Å²) in [6.45, 7) is 9.92. The Morgan fingerprint density at radius 3 is 2.54 bits per heavy atom. The molecule has 5 heteroatoms. The zero-order valence-corrected chi connectivity index (χ0v) is 15.7. The molecule has 2 N–H and O–H groups in total. The van der Waals surface area contributed by atoms with Crippen LogP contribution in [0.3, 0.4) is 0 Å². The van der Waals surface area contributed by atoms with Gasteiger partial charge in [-0.3, -0.25) is 4.79 Å². The summed E-state index contributed by atoms with van der Waals surface area (Å²) in [4.78, 5) is 16.2. The normalized spacial score (nSPS) is 16.4. The Hall–Kier alpha value is -2.40. The molecule has 1 amide bonds. The van der Waals surface area contributed by atoms with Crippen LogP contribution in [0.2, 0.25) is 0 Å². The first-order chi connectivity index (χ1) is 12.5. The summed E-state index contributed by atoms with van der Waals surface area (Å²) in [5, 5.41) is 2.83. The second kappa shape index (κ2) is 7.87. The average molecular weight is 356 g/mol. The Bertz CT molecular complexity index is 785. The van der Waals surface area contributed by atoms with E-state index in [2.05, 4.69) is 42.3 Å². The van der Waals surface area contributed by atoms with Gasteiger partial charge in [0.15, 0.2) is 6.04 Å². The largest absolute Gasteiger partial charge is 0.360 e. The number of piperazine rings is 1. The van der Waals surface area contributed by atoms with Crippen molar-refractivity contribution in [3.05, 3.63) is 59.4 Å². The first-order valence-electron chi connectivity index (χ1n) is 9.18. The summed E-state index contributed by atoms with van der Waals surface area (Å²) in [6.07, 6.45) is 0. The zero-order chi connectivity index (χ0) is 18.7. The molecule has 2 aromatic carbocycles. The number of nitrogens with zero attached hydrogens (tertiary/aromatic N) is 1. The van der Waals surface area contributed by atoms with Gasteiger partial charge in [-0.15, -0.1) is 0 Å². The maximum Gasteiger partial charge on any atom is 0.282 e. The Morgan fingerprint density at radius 1 is 1.15 bits per heavy atom. The molecule has 138 valence electrons. The van der Waals surface area contributed by atoms with Crippen molar-refractivity contribution in [2.75, 3.05) is 36.4 Å². The van der Waals surface area contributed by atoms with Gasteiger partial charge in [-0.1, -0.05) is 18.2 Å². The monoisotopic (exact) mass is 356 g/mol. The van der Waals surface area contributed by atoms with Gasteiger partial charge in [0.2, 0.25) is 0 Å². The van der Waals surface area contributed by atoms with Crippen LogP contribution in [0, 0.1) is 19.7 Å². The molecule has 1 heterocycles. The Balaban J connectivity index is 1.58. The molecular formula is C21H27FN3O+. The summed E-state index contributed by atoms with van der Waals surface area (Å²) >= 11 is 0. The summed E-state index contributed by atoms with van der Waals surface area (Å²) < 4.78 is 13.3. The van der Waals surface area contributed by atoms with Crippen LogP contribution in [0.5, 0.6) is 0 Å². The van der Waals surface area contributed by atoms with Gasteiger partial charge < -0.3 is 15.1 Å². The molecule has 0 aliphatic carbocycles. The fraction of sp³-hybridized carbons (Fsp3) is 0.381. The minimum atomic E-state index is -0.343. The van der Waals surface area contributed by atoms with Crippen LogP contribution < -0.4 is 15.1 Å². The van der Waals surface area contributed by atoms with Crippen molar-refractivity contribution in [2.45, 2.75) is 26.8 Å². The lowest BCUT2D eigenvalue weighted by Crippen LogP contribution is -3.19. The van der Waals surface area contributed by atoms with Gasteiger partial charge in [-0.2, -0.15) is 0 Å². The lowest BCUT2D eigenvalue weighted by atomic mass is 10.1. The molecule has 0 radical (unpaired) electrons. The van der Waals surface area contributed by atoms with E-state index in [0.717, 1.165) is 26.2 Å². The average Bonchev–Trinajstić information content (AvgIpc) is 2.63. The lowest BCUT2D eigenvalue weighted by Gasteiger charge is -2.36. The van der Waals surface area contributed by atoms with Gasteiger partial charge in [0.1, 0.15) is 5.82 Å². The van der Waals surface area contributed by atoms with Crippen molar-refractivity contribution in [2.24, 2.45) is 0 Å². The lowest BCUT2D eigenvalue weighted by molar-refractivity contribution is -0.914. The second-order valence-electron chi connectivity index (χ2n) is 7.09. The van der Waals surface area contributed by atoms with E-state index in [-0.39, 0.29) is 17.8 Å². The quantitative estimate of drug-likeness (QED) is 0.881. The van der Waals surface area contributed by atoms with Crippen LogP contribution in [0.25, 0.3) is 0 Å². The van der Waals surface area contributed by atoms with E-state index in [9.17, 15) is 9.18 Å². The third-order valence-electron chi connectivity index (χ3n) is 5.42. The predicted octanol–water partition coefficient (Wildman–Crippen LogP) is 2.17. The van der Waals surface area contributed by atoms with Crippen molar-refractivity contribution in [3.63, 3.8) is 0 Å². The van der Waals surface area contributed by atoms with Crippen LogP contribution in [-0.4, -0.2) is 38.1 Å². The molecule has 1 atom stereocenters. The highest BCUT2D eigenvalue weighted by Gasteiger charge is 2.29. The van der Waals surface area contributed by atoms with E-state index >= 15 is 0 Å². The van der Waals surface area contributed by atoms with E-state index in [0.29, 0.717) is 5.69 Å². The fourth-order valence-corrected chi connectivity index (χ4v) is 3.55. The van der Waals surface area contributed by atoms with Crippen LogP contribution in [0.15, 0.2) is 42.5 Å². The van der Waals surface area contributed by atoms with Crippen molar-refractivity contribution in [1.82, 2.24) is 0 Å². The van der Waals surface area contributed by atoms with Crippen molar-refractivity contribution in [3.8, 4) is 0 Å². The first-order valence-corrected chi connectivity index (χ1v) is 9.18. The van der Waals surface area contributed by atoms with Gasteiger partial charge in [-0.25, -0.2) is 4.39 Å². The number of carbonyl (C=O) groups excluding carboxylic acids is 1. The molecule has 1 aliphatic rings. The molecule has 0 saturated carbocycles. The number of benzene rings is 2. The van der Waals surface area contributed by atoms with Crippen molar-refractivity contribution < 1.29 is 14.1 Å². The molecule has 1 aliphatic heterocycles. The number of aryl methyl sites for hydroxylation is 1. The van der Waals surface area contributed by atoms with Crippen LogP contribution in [0.1, 0.15) is 18.1 Å². The number of nitrogens with one attached hydrogen (secondary N) is 2. The van der Waals surface area contributed by atoms with E-state index in [1.807, 2.05) is 6.92 Å². The standard InChI is InChI=1S/C21H26FN3O/c1-15-6-4-9-20(16(15)2)25-12-10-24(11-13-25)17(3)21(26)23-19-8-5-7-18(22)14-19/h4-9,14,17H,10-13H2,1-3H3,(H,23,26)/p+1/t17-/m1/s1. The highest BCUT2D eigenvalue weighted by Crippen LogP contribution is 2.22. The number of hydrogen-bond donors (Lipinski definition) is 2. The zero-order valence-electron chi connectivity index (χ0n) is 15.7. The molecule has 3 rings (SSSR count). The molecule has 1 saturated heterocycles. The number of halogens is 1. The summed E-state index contributed by atoms with van der Waals surface area (Å²) in [6, 6.07) is 12.3. The summed E-state index contributed by atoms with van der Waals surface area (Å²) in [5.74, 6) is -0.407. The van der Waals surface area contributed by atoms with Gasteiger partial charge >= 0.3 is 0 Å². The SMILES string of the molecule is Cc1cccc(N2CC[NH+]([C@H](C)C(=O)Nc3cccc(F)c3)CC2)c1C. The fourth-order valence-electron chi connectivity index (χ4n) is 3.55. The van der Waals surface area contributed by atoms with Crippen molar-refractivity contribution in [1.29, 1.82) is 0 Å². The van der Waals surface area contributed by atoms with E-state index in [1.165, 1.54) is 33.8 Å². The van der Waals surface area contributed by atoms with E-state index in [1.54, 1.807) is 12.1 Å². The smallest absolute Gasteiger partial charge is 0.282 e. The minimum absolute atomic E-state index is 0.0641. The first kappa shape index (κ1) is 18.4. The molecule has 4 nitrogen and oxygen atoms in total.